The zero-order valence-corrected chi connectivity index (χ0v) is 23.3. The third-order valence-electron chi connectivity index (χ3n) is 7.92. The summed E-state index contributed by atoms with van der Waals surface area (Å²) in [6.45, 7) is 18.0. The number of carbonyl (C=O) groups is 2. The van der Waals surface area contributed by atoms with E-state index in [1.807, 2.05) is 0 Å². The standard InChI is InChI=1S/C24H50N2O3Si2/c1-8-23(27)29-19-18-25-24(28)26-22(17-21-31(12-5,13-6)14-7)16-15-20-30(9-2,10-3)11-4/h8,22H,1,9-21H2,2-7H3,(H2,25,26,28). The van der Waals surface area contributed by atoms with Crippen molar-refractivity contribution in [1.29, 1.82) is 0 Å². The summed E-state index contributed by atoms with van der Waals surface area (Å²) in [5.41, 5.74) is 0. The van der Waals surface area contributed by atoms with Crippen molar-refractivity contribution in [1.82, 2.24) is 10.6 Å². The van der Waals surface area contributed by atoms with E-state index in [-0.39, 0.29) is 18.7 Å². The summed E-state index contributed by atoms with van der Waals surface area (Å²) in [4.78, 5) is 23.6. The van der Waals surface area contributed by atoms with Crippen LogP contribution < -0.4 is 10.6 Å². The van der Waals surface area contributed by atoms with Crippen molar-refractivity contribution in [3.8, 4) is 0 Å². The minimum absolute atomic E-state index is 0.151. The van der Waals surface area contributed by atoms with Crippen molar-refractivity contribution in [2.75, 3.05) is 13.2 Å². The second-order valence-corrected chi connectivity index (χ2v) is 20.3. The van der Waals surface area contributed by atoms with Crippen LogP contribution in [-0.2, 0) is 9.53 Å². The van der Waals surface area contributed by atoms with E-state index in [0.717, 1.165) is 18.9 Å². The van der Waals surface area contributed by atoms with Gasteiger partial charge in [-0.3, -0.25) is 0 Å². The molecule has 0 saturated heterocycles. The lowest BCUT2D eigenvalue weighted by atomic mass is 10.1. The van der Waals surface area contributed by atoms with Gasteiger partial charge in [0.1, 0.15) is 6.61 Å². The van der Waals surface area contributed by atoms with Crippen LogP contribution >= 0.6 is 0 Å². The van der Waals surface area contributed by atoms with Gasteiger partial charge in [0.15, 0.2) is 0 Å². The topological polar surface area (TPSA) is 67.4 Å². The first-order valence-corrected chi connectivity index (χ1v) is 18.3. The Bertz CT molecular complexity index is 504. The van der Waals surface area contributed by atoms with Gasteiger partial charge in [0.25, 0.3) is 0 Å². The van der Waals surface area contributed by atoms with Gasteiger partial charge in [-0.25, -0.2) is 9.59 Å². The minimum Gasteiger partial charge on any atom is -0.461 e. The van der Waals surface area contributed by atoms with Crippen molar-refractivity contribution in [2.45, 2.75) is 115 Å². The van der Waals surface area contributed by atoms with Gasteiger partial charge < -0.3 is 15.4 Å². The van der Waals surface area contributed by atoms with Crippen LogP contribution in [0, 0.1) is 0 Å². The maximum Gasteiger partial charge on any atom is 0.330 e. The van der Waals surface area contributed by atoms with E-state index in [2.05, 4.69) is 58.8 Å². The average Bonchev–Trinajstić information content (AvgIpc) is 2.80. The largest absolute Gasteiger partial charge is 0.461 e. The van der Waals surface area contributed by atoms with E-state index >= 15 is 0 Å². The van der Waals surface area contributed by atoms with E-state index in [1.165, 1.54) is 54.8 Å². The number of hydrogen-bond donors (Lipinski definition) is 2. The Labute approximate surface area is 194 Å². The van der Waals surface area contributed by atoms with Crippen molar-refractivity contribution in [2.24, 2.45) is 0 Å². The first kappa shape index (κ1) is 29.9. The summed E-state index contributed by atoms with van der Waals surface area (Å²) >= 11 is 0. The molecule has 0 aliphatic carbocycles. The molecule has 0 saturated carbocycles. The molecular weight excluding hydrogens is 420 g/mol. The van der Waals surface area contributed by atoms with Crippen LogP contribution in [0.5, 0.6) is 0 Å². The van der Waals surface area contributed by atoms with Gasteiger partial charge in [-0.15, -0.1) is 0 Å². The SMILES string of the molecule is C=CC(=O)OCCNC(=O)NC(CCC[Si](CC)(CC)CC)CC[Si](CC)(CC)CC. The van der Waals surface area contributed by atoms with Gasteiger partial charge in [0.2, 0.25) is 0 Å². The second kappa shape index (κ2) is 16.5. The third-order valence-corrected chi connectivity index (χ3v) is 19.7. The molecule has 1 atom stereocenters. The molecular formula is C24H50N2O3Si2. The summed E-state index contributed by atoms with van der Waals surface area (Å²) in [6, 6.07) is 10.8. The van der Waals surface area contributed by atoms with Gasteiger partial charge in [-0.2, -0.15) is 0 Å². The molecule has 31 heavy (non-hydrogen) atoms. The number of nitrogens with one attached hydrogen (secondary N) is 2. The molecule has 0 aromatic carbocycles. The van der Waals surface area contributed by atoms with Gasteiger partial charge in [0.05, 0.1) is 22.7 Å². The van der Waals surface area contributed by atoms with Crippen LogP contribution in [0.1, 0.15) is 60.8 Å². The Kier molecular flexibility index (Phi) is 16.0. The smallest absolute Gasteiger partial charge is 0.330 e. The van der Waals surface area contributed by atoms with Crippen molar-refractivity contribution < 1.29 is 14.3 Å². The molecule has 0 rings (SSSR count). The fourth-order valence-corrected chi connectivity index (χ4v) is 11.7. The lowest BCUT2D eigenvalue weighted by molar-refractivity contribution is -0.137. The highest BCUT2D eigenvalue weighted by Crippen LogP contribution is 2.30. The summed E-state index contributed by atoms with van der Waals surface area (Å²) < 4.78 is 4.93. The summed E-state index contributed by atoms with van der Waals surface area (Å²) in [5, 5.41) is 6.06. The Hall–Kier alpha value is -1.09. The Balaban J connectivity index is 4.87. The van der Waals surface area contributed by atoms with E-state index < -0.39 is 22.1 Å². The fraction of sp³-hybridized carbons (Fsp3) is 0.833. The lowest BCUT2D eigenvalue weighted by Crippen LogP contribution is -2.44. The monoisotopic (exact) mass is 470 g/mol. The first-order valence-electron chi connectivity index (χ1n) is 12.6. The van der Waals surface area contributed by atoms with Gasteiger partial charge in [-0.1, -0.05) is 103 Å². The molecule has 0 fully saturated rings. The highest BCUT2D eigenvalue weighted by Gasteiger charge is 2.29. The van der Waals surface area contributed by atoms with Crippen molar-refractivity contribution >= 4 is 28.1 Å². The Morgan fingerprint density at radius 3 is 1.87 bits per heavy atom. The van der Waals surface area contributed by atoms with Crippen molar-refractivity contribution in [3.63, 3.8) is 0 Å². The summed E-state index contributed by atoms with van der Waals surface area (Å²) in [7, 11) is -2.33. The maximum absolute atomic E-state index is 12.5. The number of ether oxygens (including phenoxy) is 1. The molecule has 0 spiro atoms. The quantitative estimate of drug-likeness (QED) is 0.103. The molecule has 0 aliphatic rings. The van der Waals surface area contributed by atoms with Crippen LogP contribution in [0.4, 0.5) is 4.79 Å². The molecule has 2 N–H and O–H groups in total. The number of amides is 2. The van der Waals surface area contributed by atoms with E-state index in [4.69, 9.17) is 4.74 Å². The van der Waals surface area contributed by atoms with Crippen molar-refractivity contribution in [3.05, 3.63) is 12.7 Å². The van der Waals surface area contributed by atoms with E-state index in [0.29, 0.717) is 6.54 Å². The molecule has 0 radical (unpaired) electrons. The van der Waals surface area contributed by atoms with Gasteiger partial charge in [-0.05, 0) is 12.8 Å². The molecule has 5 nitrogen and oxygen atoms in total. The minimum atomic E-state index is -1.21. The zero-order chi connectivity index (χ0) is 23.8. The van der Waals surface area contributed by atoms with E-state index in [9.17, 15) is 9.59 Å². The first-order chi connectivity index (χ1) is 14.8. The molecule has 7 heteroatoms. The predicted molar refractivity (Wildman–Crippen MR) is 139 cm³/mol. The molecule has 0 heterocycles. The van der Waals surface area contributed by atoms with Gasteiger partial charge >= 0.3 is 12.0 Å². The number of esters is 1. The molecule has 2 amide bonds. The average molecular weight is 471 g/mol. The number of rotatable bonds is 18. The van der Waals surface area contributed by atoms with Crippen LogP contribution in [0.25, 0.3) is 0 Å². The van der Waals surface area contributed by atoms with Gasteiger partial charge in [0, 0.05) is 12.1 Å². The lowest BCUT2D eigenvalue weighted by Gasteiger charge is -2.31. The molecule has 0 aromatic heterocycles. The van der Waals surface area contributed by atoms with E-state index in [1.54, 1.807) is 0 Å². The summed E-state index contributed by atoms with van der Waals surface area (Å²) in [5.74, 6) is -0.462. The normalized spacial score (nSPS) is 12.8. The molecule has 0 aromatic rings. The predicted octanol–water partition coefficient (Wildman–Crippen LogP) is 6.57. The molecule has 1 unspecified atom stereocenters. The number of hydrogen-bond acceptors (Lipinski definition) is 3. The molecule has 0 bridgehead atoms. The van der Waals surface area contributed by atoms with Crippen LogP contribution in [0.2, 0.25) is 48.4 Å². The highest BCUT2D eigenvalue weighted by molar-refractivity contribution is 6.80. The highest BCUT2D eigenvalue weighted by atomic mass is 28.3. The third kappa shape index (κ3) is 11.4. The summed E-state index contributed by atoms with van der Waals surface area (Å²) in [6.07, 6.45) is 4.49. The van der Waals surface area contributed by atoms with Crippen LogP contribution in [-0.4, -0.2) is 47.3 Å². The number of carbonyl (C=O) groups excluding carboxylic acids is 2. The van der Waals surface area contributed by atoms with Crippen LogP contribution in [0.15, 0.2) is 12.7 Å². The maximum atomic E-state index is 12.5. The molecule has 0 aliphatic heterocycles. The number of urea groups is 1. The van der Waals surface area contributed by atoms with Crippen LogP contribution in [0.3, 0.4) is 0 Å². The molecule has 182 valence electrons. The second-order valence-electron chi connectivity index (χ2n) is 9.02. The fourth-order valence-electron chi connectivity index (χ4n) is 4.66. The Morgan fingerprint density at radius 1 is 0.871 bits per heavy atom. The zero-order valence-electron chi connectivity index (χ0n) is 21.3. The Morgan fingerprint density at radius 2 is 1.39 bits per heavy atom.